The van der Waals surface area contributed by atoms with E-state index in [2.05, 4.69) is 19.9 Å². The molecule has 0 fully saturated rings. The molecule has 9 heteroatoms. The van der Waals surface area contributed by atoms with Crippen LogP contribution in [0.5, 0.6) is 0 Å². The van der Waals surface area contributed by atoms with Crippen LogP contribution in [0.3, 0.4) is 0 Å². The van der Waals surface area contributed by atoms with Gasteiger partial charge in [0, 0.05) is 19.2 Å². The van der Waals surface area contributed by atoms with E-state index in [1.807, 2.05) is 4.57 Å². The van der Waals surface area contributed by atoms with Gasteiger partial charge in [-0.1, -0.05) is 11.6 Å². The molecule has 0 saturated heterocycles. The molecular weight excluding hydrogens is 314 g/mol. The van der Waals surface area contributed by atoms with Crippen LogP contribution in [-0.2, 0) is 23.0 Å². The van der Waals surface area contributed by atoms with Gasteiger partial charge in [0.25, 0.3) is 0 Å². The minimum absolute atomic E-state index is 0.0694. The van der Waals surface area contributed by atoms with Crippen LogP contribution in [0.15, 0.2) is 23.2 Å². The van der Waals surface area contributed by atoms with E-state index in [1.54, 1.807) is 6.92 Å². The van der Waals surface area contributed by atoms with Gasteiger partial charge in [-0.2, -0.15) is 0 Å². The molecule has 0 amide bonds. The lowest BCUT2D eigenvalue weighted by Crippen LogP contribution is -2.29. The number of nitrogens with zero attached hydrogens (tertiary/aromatic N) is 4. The van der Waals surface area contributed by atoms with Gasteiger partial charge in [-0.3, -0.25) is 0 Å². The topological polar surface area (TPSA) is 89.8 Å². The number of fused-ring (bicyclic) bond motifs is 1. The van der Waals surface area contributed by atoms with E-state index in [4.69, 9.17) is 11.6 Å². The molecule has 0 aliphatic carbocycles. The SMILES string of the molecule is CC(NS(=O)(=O)c1ccc(Cl)nc1)c1nnc2n1CCC2. The average molecular weight is 328 g/mol. The lowest BCUT2D eigenvalue weighted by molar-refractivity contribution is 0.546. The maximum Gasteiger partial charge on any atom is 0.242 e. The molecule has 0 saturated carbocycles. The first kappa shape index (κ1) is 14.4. The molecule has 0 spiro atoms. The van der Waals surface area contributed by atoms with E-state index in [-0.39, 0.29) is 10.0 Å². The van der Waals surface area contributed by atoms with Crippen molar-refractivity contribution >= 4 is 21.6 Å². The Morgan fingerprint density at radius 3 is 2.90 bits per heavy atom. The highest BCUT2D eigenvalue weighted by atomic mass is 35.5. The van der Waals surface area contributed by atoms with Gasteiger partial charge in [0.2, 0.25) is 10.0 Å². The van der Waals surface area contributed by atoms with E-state index >= 15 is 0 Å². The quantitative estimate of drug-likeness (QED) is 0.855. The molecule has 3 heterocycles. The van der Waals surface area contributed by atoms with Gasteiger partial charge >= 0.3 is 0 Å². The molecule has 3 rings (SSSR count). The summed E-state index contributed by atoms with van der Waals surface area (Å²) in [6.07, 6.45) is 3.12. The second kappa shape index (κ2) is 5.36. The number of hydrogen-bond acceptors (Lipinski definition) is 5. The van der Waals surface area contributed by atoms with Gasteiger partial charge in [-0.15, -0.1) is 10.2 Å². The molecule has 1 unspecified atom stereocenters. The van der Waals surface area contributed by atoms with Crippen LogP contribution in [0.25, 0.3) is 0 Å². The number of aryl methyl sites for hydroxylation is 1. The molecule has 1 N–H and O–H groups in total. The largest absolute Gasteiger partial charge is 0.314 e. The highest BCUT2D eigenvalue weighted by Crippen LogP contribution is 2.21. The number of aromatic nitrogens is 4. The lowest BCUT2D eigenvalue weighted by atomic mass is 10.3. The van der Waals surface area contributed by atoms with Crippen LogP contribution in [0, 0.1) is 0 Å². The Morgan fingerprint density at radius 1 is 1.38 bits per heavy atom. The highest BCUT2D eigenvalue weighted by Gasteiger charge is 2.25. The third kappa shape index (κ3) is 2.78. The van der Waals surface area contributed by atoms with Crippen molar-refractivity contribution in [3.8, 4) is 0 Å². The highest BCUT2D eigenvalue weighted by molar-refractivity contribution is 7.89. The Hall–Kier alpha value is -1.51. The summed E-state index contributed by atoms with van der Waals surface area (Å²) < 4.78 is 29.2. The molecular formula is C12H14ClN5O2S. The normalized spacial score (nSPS) is 15.9. The van der Waals surface area contributed by atoms with Gasteiger partial charge in [0.1, 0.15) is 15.9 Å². The maximum absolute atomic E-state index is 12.3. The zero-order valence-corrected chi connectivity index (χ0v) is 12.9. The summed E-state index contributed by atoms with van der Waals surface area (Å²) in [5.41, 5.74) is 0. The fourth-order valence-corrected chi connectivity index (χ4v) is 3.63. The third-order valence-corrected chi connectivity index (χ3v) is 5.12. The number of rotatable bonds is 4. The van der Waals surface area contributed by atoms with Gasteiger partial charge < -0.3 is 4.57 Å². The van der Waals surface area contributed by atoms with Crippen molar-refractivity contribution in [2.24, 2.45) is 0 Å². The zero-order chi connectivity index (χ0) is 15.0. The van der Waals surface area contributed by atoms with Crippen molar-refractivity contribution in [1.29, 1.82) is 0 Å². The first-order valence-corrected chi connectivity index (χ1v) is 8.39. The van der Waals surface area contributed by atoms with Crippen LogP contribution in [0.4, 0.5) is 0 Å². The first-order valence-electron chi connectivity index (χ1n) is 6.53. The molecule has 0 radical (unpaired) electrons. The summed E-state index contributed by atoms with van der Waals surface area (Å²) in [6, 6.07) is 2.39. The molecule has 1 aliphatic rings. The van der Waals surface area contributed by atoms with Crippen molar-refractivity contribution < 1.29 is 8.42 Å². The van der Waals surface area contributed by atoms with Crippen molar-refractivity contribution in [3.05, 3.63) is 35.1 Å². The summed E-state index contributed by atoms with van der Waals surface area (Å²) in [4.78, 5) is 3.86. The number of pyridine rings is 1. The Morgan fingerprint density at radius 2 is 2.19 bits per heavy atom. The molecule has 2 aromatic rings. The van der Waals surface area contributed by atoms with Crippen molar-refractivity contribution in [1.82, 2.24) is 24.5 Å². The van der Waals surface area contributed by atoms with Crippen molar-refractivity contribution in [3.63, 3.8) is 0 Å². The van der Waals surface area contributed by atoms with Crippen LogP contribution < -0.4 is 4.72 Å². The van der Waals surface area contributed by atoms with E-state index in [0.29, 0.717) is 5.82 Å². The minimum atomic E-state index is -3.67. The smallest absolute Gasteiger partial charge is 0.242 e. The molecule has 1 atom stereocenters. The number of hydrogen-bond donors (Lipinski definition) is 1. The standard InChI is InChI=1S/C12H14ClN5O2S/c1-8(12-16-15-11-3-2-6-18(11)12)17-21(19,20)9-4-5-10(13)14-7-9/h4-5,7-8,17H,2-3,6H2,1H3. The molecule has 7 nitrogen and oxygen atoms in total. The number of halogens is 1. The maximum atomic E-state index is 12.3. The Kier molecular flexibility index (Phi) is 3.68. The van der Waals surface area contributed by atoms with Gasteiger partial charge in [-0.25, -0.2) is 18.1 Å². The van der Waals surface area contributed by atoms with Crippen LogP contribution in [0.2, 0.25) is 5.15 Å². The number of sulfonamides is 1. The molecule has 0 aromatic carbocycles. The van der Waals surface area contributed by atoms with E-state index in [0.717, 1.165) is 25.2 Å². The summed E-state index contributed by atoms with van der Waals surface area (Å²) in [5.74, 6) is 1.54. The van der Waals surface area contributed by atoms with E-state index in [1.165, 1.54) is 18.3 Å². The number of nitrogens with one attached hydrogen (secondary N) is 1. The second-order valence-corrected chi connectivity index (χ2v) is 6.99. The van der Waals surface area contributed by atoms with Crippen molar-refractivity contribution in [2.45, 2.75) is 37.2 Å². The monoisotopic (exact) mass is 327 g/mol. The lowest BCUT2D eigenvalue weighted by Gasteiger charge is -2.14. The van der Waals surface area contributed by atoms with Crippen LogP contribution in [0.1, 0.15) is 31.0 Å². The van der Waals surface area contributed by atoms with Crippen LogP contribution >= 0.6 is 11.6 Å². The Bertz CT molecular complexity index is 756. The van der Waals surface area contributed by atoms with Crippen LogP contribution in [-0.4, -0.2) is 28.2 Å². The molecule has 21 heavy (non-hydrogen) atoms. The molecule has 0 bridgehead atoms. The predicted octanol–water partition coefficient (Wildman–Crippen LogP) is 1.31. The van der Waals surface area contributed by atoms with E-state index in [9.17, 15) is 8.42 Å². The minimum Gasteiger partial charge on any atom is -0.314 e. The average Bonchev–Trinajstić information content (AvgIpc) is 3.00. The first-order chi connectivity index (χ1) is 9.97. The Balaban J connectivity index is 1.83. The van der Waals surface area contributed by atoms with Crippen molar-refractivity contribution in [2.75, 3.05) is 0 Å². The van der Waals surface area contributed by atoms with E-state index < -0.39 is 16.1 Å². The van der Waals surface area contributed by atoms with Gasteiger partial charge in [0.15, 0.2) is 5.82 Å². The summed E-state index contributed by atoms with van der Waals surface area (Å²) in [7, 11) is -3.67. The molecule has 112 valence electrons. The summed E-state index contributed by atoms with van der Waals surface area (Å²) in [6.45, 7) is 2.57. The molecule has 2 aromatic heterocycles. The third-order valence-electron chi connectivity index (χ3n) is 3.37. The Labute approximate surface area is 127 Å². The van der Waals surface area contributed by atoms with Gasteiger partial charge in [0.05, 0.1) is 6.04 Å². The summed E-state index contributed by atoms with van der Waals surface area (Å²) >= 11 is 5.66. The van der Waals surface area contributed by atoms with Gasteiger partial charge in [-0.05, 0) is 25.5 Å². The predicted molar refractivity (Wildman–Crippen MR) is 76.3 cm³/mol. The fourth-order valence-electron chi connectivity index (χ4n) is 2.37. The molecule has 1 aliphatic heterocycles. The summed E-state index contributed by atoms with van der Waals surface area (Å²) in [5, 5.41) is 8.41. The zero-order valence-electron chi connectivity index (χ0n) is 11.3. The fraction of sp³-hybridized carbons (Fsp3) is 0.417. The second-order valence-electron chi connectivity index (χ2n) is 4.89.